The highest BCUT2D eigenvalue weighted by molar-refractivity contribution is 6.13. The molecule has 1 aromatic heterocycles. The lowest BCUT2D eigenvalue weighted by atomic mass is 10.1. The van der Waals surface area contributed by atoms with Crippen LogP contribution in [0.5, 0.6) is 11.5 Å². The van der Waals surface area contributed by atoms with Crippen molar-refractivity contribution in [3.8, 4) is 40.0 Å². The molecule has 174 valence electrons. The van der Waals surface area contributed by atoms with Crippen molar-refractivity contribution in [1.82, 2.24) is 14.8 Å². The zero-order valence-electron chi connectivity index (χ0n) is 18.3. The number of ether oxygens (including phenoxy) is 1. The first-order valence-corrected chi connectivity index (χ1v) is 10.8. The monoisotopic (exact) mass is 469 g/mol. The van der Waals surface area contributed by atoms with Crippen LogP contribution in [-0.4, -0.2) is 48.6 Å². The maximum atomic E-state index is 12.5. The number of hydrogen-bond donors (Lipinski definition) is 2. The molecular weight excluding hydrogens is 450 g/mol. The van der Waals surface area contributed by atoms with Crippen LogP contribution >= 0.6 is 0 Å². The van der Waals surface area contributed by atoms with Gasteiger partial charge in [0.1, 0.15) is 11.5 Å². The van der Waals surface area contributed by atoms with Crippen LogP contribution in [0.3, 0.4) is 0 Å². The van der Waals surface area contributed by atoms with E-state index in [-0.39, 0.29) is 35.7 Å². The van der Waals surface area contributed by atoms with Crippen molar-refractivity contribution in [2.24, 2.45) is 0 Å². The van der Waals surface area contributed by atoms with E-state index in [9.17, 15) is 24.6 Å². The van der Waals surface area contributed by atoms with Crippen LogP contribution in [0.2, 0.25) is 0 Å². The molecule has 0 aliphatic heterocycles. The van der Waals surface area contributed by atoms with Gasteiger partial charge in [0, 0.05) is 12.8 Å². The van der Waals surface area contributed by atoms with E-state index >= 15 is 0 Å². The standard InChI is InChI=1S/C26H19N3O6/c30-19-7-3-1-5-17(19)24-27-25(18-6-2-4-8-20(18)31)29(28-24)16-11-9-15(10-12-16)26(34)35-23-21(32)13-14-22(23)33/h1-12,23,30-31H,13-14H2. The zero-order valence-corrected chi connectivity index (χ0v) is 18.3. The largest absolute Gasteiger partial charge is 0.507 e. The molecule has 0 bridgehead atoms. The van der Waals surface area contributed by atoms with Gasteiger partial charge in [-0.05, 0) is 48.5 Å². The lowest BCUT2D eigenvalue weighted by Gasteiger charge is -2.10. The fourth-order valence-corrected chi connectivity index (χ4v) is 3.84. The molecule has 0 unspecified atom stereocenters. The Labute approximate surface area is 199 Å². The van der Waals surface area contributed by atoms with E-state index in [4.69, 9.17) is 4.74 Å². The highest BCUT2D eigenvalue weighted by Crippen LogP contribution is 2.33. The van der Waals surface area contributed by atoms with E-state index in [0.717, 1.165) is 0 Å². The Morgan fingerprint density at radius 3 is 2.00 bits per heavy atom. The molecule has 2 N–H and O–H groups in total. The third-order valence-electron chi connectivity index (χ3n) is 5.67. The maximum Gasteiger partial charge on any atom is 0.339 e. The van der Waals surface area contributed by atoms with Crippen LogP contribution in [0.15, 0.2) is 72.8 Å². The van der Waals surface area contributed by atoms with Crippen molar-refractivity contribution in [3.63, 3.8) is 0 Å². The summed E-state index contributed by atoms with van der Waals surface area (Å²) in [6.45, 7) is 0. The number of phenolic OH excluding ortho intramolecular Hbond substituents is 2. The van der Waals surface area contributed by atoms with Crippen LogP contribution in [0.1, 0.15) is 23.2 Å². The molecule has 0 saturated heterocycles. The summed E-state index contributed by atoms with van der Waals surface area (Å²) in [7, 11) is 0. The third kappa shape index (κ3) is 4.15. The number of aromatic hydroxyl groups is 2. The molecule has 9 nitrogen and oxygen atoms in total. The predicted octanol–water partition coefficient (Wildman–Crippen LogP) is 3.47. The van der Waals surface area contributed by atoms with Gasteiger partial charge < -0.3 is 14.9 Å². The molecule has 0 spiro atoms. The van der Waals surface area contributed by atoms with Crippen molar-refractivity contribution in [2.75, 3.05) is 0 Å². The first-order valence-electron chi connectivity index (χ1n) is 10.8. The van der Waals surface area contributed by atoms with Gasteiger partial charge in [0.15, 0.2) is 23.2 Å². The number of aromatic nitrogens is 3. The van der Waals surface area contributed by atoms with Gasteiger partial charge >= 0.3 is 5.97 Å². The molecule has 9 heteroatoms. The Bertz CT molecular complexity index is 1440. The summed E-state index contributed by atoms with van der Waals surface area (Å²) in [5.74, 6) is -1.02. The summed E-state index contributed by atoms with van der Waals surface area (Å²) < 4.78 is 6.60. The van der Waals surface area contributed by atoms with Gasteiger partial charge in [-0.3, -0.25) is 9.59 Å². The third-order valence-corrected chi connectivity index (χ3v) is 5.67. The van der Waals surface area contributed by atoms with Crippen molar-refractivity contribution in [1.29, 1.82) is 0 Å². The molecule has 0 atom stereocenters. The Hall–Kier alpha value is -4.79. The summed E-state index contributed by atoms with van der Waals surface area (Å²) in [6.07, 6.45) is -1.18. The van der Waals surface area contributed by atoms with Gasteiger partial charge in [-0.2, -0.15) is 0 Å². The van der Waals surface area contributed by atoms with Crippen LogP contribution in [-0.2, 0) is 14.3 Å². The average molecular weight is 469 g/mol. The second-order valence-corrected chi connectivity index (χ2v) is 7.97. The Morgan fingerprint density at radius 2 is 1.40 bits per heavy atom. The minimum absolute atomic E-state index is 0.00239. The van der Waals surface area contributed by atoms with Crippen LogP contribution in [0.4, 0.5) is 0 Å². The number of para-hydroxylation sites is 2. The normalized spacial score (nSPS) is 13.8. The number of ketones is 2. The van der Waals surface area contributed by atoms with Gasteiger partial charge in [-0.1, -0.05) is 24.3 Å². The van der Waals surface area contributed by atoms with Gasteiger partial charge in [0.2, 0.25) is 6.10 Å². The molecule has 0 amide bonds. The Kier molecular flexibility index (Phi) is 5.58. The summed E-state index contributed by atoms with van der Waals surface area (Å²) in [5.41, 5.74) is 1.51. The minimum atomic E-state index is -1.34. The first kappa shape index (κ1) is 22.0. The molecule has 1 heterocycles. The zero-order chi connectivity index (χ0) is 24.5. The first-order chi connectivity index (χ1) is 16.9. The van der Waals surface area contributed by atoms with Crippen LogP contribution < -0.4 is 0 Å². The number of phenols is 2. The van der Waals surface area contributed by atoms with Crippen molar-refractivity contribution in [3.05, 3.63) is 78.4 Å². The highest BCUT2D eigenvalue weighted by atomic mass is 16.6. The van der Waals surface area contributed by atoms with Crippen LogP contribution in [0, 0.1) is 0 Å². The molecule has 1 saturated carbocycles. The number of Topliss-reactive ketones (excluding diaryl/α,β-unsaturated/α-hetero) is 2. The summed E-state index contributed by atoms with van der Waals surface area (Å²) in [5, 5.41) is 25.2. The van der Waals surface area contributed by atoms with E-state index in [1.165, 1.54) is 28.9 Å². The van der Waals surface area contributed by atoms with Gasteiger partial charge in [0.05, 0.1) is 22.4 Å². The number of carbonyl (C=O) groups excluding carboxylic acids is 3. The van der Waals surface area contributed by atoms with Gasteiger partial charge in [-0.25, -0.2) is 14.5 Å². The topological polar surface area (TPSA) is 132 Å². The lowest BCUT2D eigenvalue weighted by molar-refractivity contribution is -0.133. The van der Waals surface area contributed by atoms with E-state index in [2.05, 4.69) is 10.1 Å². The lowest BCUT2D eigenvalue weighted by Crippen LogP contribution is -2.28. The second kappa shape index (κ2) is 8.86. The quantitative estimate of drug-likeness (QED) is 0.336. The number of benzene rings is 3. The van der Waals surface area contributed by atoms with E-state index in [0.29, 0.717) is 22.6 Å². The SMILES string of the molecule is O=C(OC1C(=O)CCC1=O)c1ccc(-n2nc(-c3ccccc3O)nc2-c2ccccc2O)cc1. The summed E-state index contributed by atoms with van der Waals surface area (Å²) in [6, 6.07) is 19.4. The van der Waals surface area contributed by atoms with E-state index < -0.39 is 23.6 Å². The number of carbonyl (C=O) groups is 3. The fourth-order valence-electron chi connectivity index (χ4n) is 3.84. The van der Waals surface area contributed by atoms with E-state index in [1.54, 1.807) is 48.5 Å². The molecule has 3 aromatic carbocycles. The molecule has 1 fully saturated rings. The molecule has 4 aromatic rings. The summed E-state index contributed by atoms with van der Waals surface area (Å²) in [4.78, 5) is 40.6. The van der Waals surface area contributed by atoms with Crippen molar-refractivity contribution >= 4 is 17.5 Å². The molecule has 1 aliphatic carbocycles. The number of rotatable bonds is 5. The second-order valence-electron chi connectivity index (χ2n) is 7.97. The smallest absolute Gasteiger partial charge is 0.339 e. The molecule has 5 rings (SSSR count). The van der Waals surface area contributed by atoms with Crippen molar-refractivity contribution in [2.45, 2.75) is 18.9 Å². The Morgan fingerprint density at radius 1 is 0.829 bits per heavy atom. The number of nitrogens with zero attached hydrogens (tertiary/aromatic N) is 3. The number of hydrogen-bond acceptors (Lipinski definition) is 8. The highest BCUT2D eigenvalue weighted by Gasteiger charge is 2.36. The van der Waals surface area contributed by atoms with Crippen molar-refractivity contribution < 1.29 is 29.3 Å². The minimum Gasteiger partial charge on any atom is -0.507 e. The Balaban J connectivity index is 1.52. The van der Waals surface area contributed by atoms with E-state index in [1.807, 2.05) is 0 Å². The molecule has 0 radical (unpaired) electrons. The van der Waals surface area contributed by atoms with Gasteiger partial charge in [0.25, 0.3) is 0 Å². The maximum absolute atomic E-state index is 12.5. The molecule has 1 aliphatic rings. The summed E-state index contributed by atoms with van der Waals surface area (Å²) >= 11 is 0. The predicted molar refractivity (Wildman–Crippen MR) is 124 cm³/mol. The van der Waals surface area contributed by atoms with Gasteiger partial charge in [-0.15, -0.1) is 5.10 Å². The molecular formula is C26H19N3O6. The molecule has 35 heavy (non-hydrogen) atoms. The van der Waals surface area contributed by atoms with Crippen LogP contribution in [0.25, 0.3) is 28.5 Å². The average Bonchev–Trinajstić information content (AvgIpc) is 3.44. The fraction of sp³-hybridized carbons (Fsp3) is 0.115. The number of esters is 1.